The monoisotopic (exact) mass is 178 g/mol. The van der Waals surface area contributed by atoms with Gasteiger partial charge in [0.05, 0.1) is 0 Å². The molecule has 0 aliphatic heterocycles. The molecule has 0 atom stereocenters. The highest BCUT2D eigenvalue weighted by molar-refractivity contribution is 6.43. The summed E-state index contributed by atoms with van der Waals surface area (Å²) in [6, 6.07) is 0. The second kappa shape index (κ2) is 6.07. The molecule has 0 fully saturated rings. The minimum Gasteiger partial charge on any atom is -0.103 e. The molecule has 0 spiro atoms. The van der Waals surface area contributed by atoms with Crippen LogP contribution in [-0.4, -0.2) is 7.28 Å². The van der Waals surface area contributed by atoms with Gasteiger partial charge in [-0.25, -0.2) is 0 Å². The lowest BCUT2D eigenvalue weighted by Crippen LogP contribution is -1.99. The van der Waals surface area contributed by atoms with Crippen molar-refractivity contribution in [2.75, 3.05) is 0 Å². The molecule has 0 heterocycles. The highest BCUT2D eigenvalue weighted by Crippen LogP contribution is 2.12. The van der Waals surface area contributed by atoms with E-state index in [1.165, 1.54) is 12.9 Å². The number of hydrogen-bond donors (Lipinski definition) is 0. The summed E-state index contributed by atoms with van der Waals surface area (Å²) in [4.78, 5) is 0. The molecule has 0 N–H and O–H groups in total. The summed E-state index contributed by atoms with van der Waals surface area (Å²) in [6.07, 6.45) is 4.56. The molecule has 0 aromatic heterocycles. The minimum atomic E-state index is 0.668. The Bertz CT molecular complexity index is 197. The molecule has 13 heavy (non-hydrogen) atoms. The lowest BCUT2D eigenvalue weighted by atomic mass is 9.67. The minimum absolute atomic E-state index is 0.668. The van der Waals surface area contributed by atoms with Gasteiger partial charge in [0, 0.05) is 0 Å². The molecule has 0 aliphatic carbocycles. The normalized spacial score (nSPS) is 14.2. The summed E-state index contributed by atoms with van der Waals surface area (Å²) in [6.45, 7) is 13.4. The Hall–Kier alpha value is -0.455. The summed E-state index contributed by atoms with van der Waals surface area (Å²) in [5.41, 5.74) is 3.01. The molecule has 0 bridgehead atoms. The molecule has 0 unspecified atom stereocenters. The number of allylic oxidation sites excluding steroid dienone is 4. The lowest BCUT2D eigenvalue weighted by molar-refractivity contribution is 0.768. The van der Waals surface area contributed by atoms with Gasteiger partial charge >= 0.3 is 0 Å². The van der Waals surface area contributed by atoms with E-state index < -0.39 is 0 Å². The van der Waals surface area contributed by atoms with E-state index in [-0.39, 0.29) is 0 Å². The first-order valence-corrected chi connectivity index (χ1v) is 5.36. The van der Waals surface area contributed by atoms with E-state index in [0.29, 0.717) is 11.8 Å². The molecule has 0 aromatic carbocycles. The van der Waals surface area contributed by atoms with Crippen molar-refractivity contribution in [3.8, 4) is 0 Å². The van der Waals surface area contributed by atoms with E-state index in [9.17, 15) is 0 Å². The van der Waals surface area contributed by atoms with Crippen LogP contribution in [-0.2, 0) is 0 Å². The summed E-state index contributed by atoms with van der Waals surface area (Å²) in [7, 11) is 1.17. The van der Waals surface area contributed by atoms with Crippen LogP contribution in [0.1, 0.15) is 34.6 Å². The zero-order valence-electron chi connectivity index (χ0n) is 10.0. The Labute approximate surface area is 84.4 Å². The maximum atomic E-state index is 2.29. The average molecular weight is 178 g/mol. The van der Waals surface area contributed by atoms with Crippen molar-refractivity contribution in [1.82, 2.24) is 0 Å². The fourth-order valence-corrected chi connectivity index (χ4v) is 1.15. The van der Waals surface area contributed by atoms with Crippen molar-refractivity contribution in [3.63, 3.8) is 0 Å². The van der Waals surface area contributed by atoms with Gasteiger partial charge in [0.1, 0.15) is 7.28 Å². The average Bonchev–Trinajstić information content (AvgIpc) is 2.04. The summed E-state index contributed by atoms with van der Waals surface area (Å²) < 4.78 is 0. The van der Waals surface area contributed by atoms with Crippen LogP contribution < -0.4 is 0 Å². The van der Waals surface area contributed by atoms with E-state index >= 15 is 0 Å². The first-order valence-electron chi connectivity index (χ1n) is 5.36. The van der Waals surface area contributed by atoms with Crippen molar-refractivity contribution < 1.29 is 0 Å². The van der Waals surface area contributed by atoms with E-state index in [1.54, 1.807) is 5.47 Å². The van der Waals surface area contributed by atoms with Gasteiger partial charge in [-0.1, -0.05) is 52.2 Å². The van der Waals surface area contributed by atoms with Gasteiger partial charge in [0.15, 0.2) is 0 Å². The third-order valence-electron chi connectivity index (χ3n) is 2.62. The molecule has 1 heteroatoms. The van der Waals surface area contributed by atoms with Gasteiger partial charge in [0.25, 0.3) is 0 Å². The zero-order valence-corrected chi connectivity index (χ0v) is 10.0. The van der Waals surface area contributed by atoms with Crippen LogP contribution in [0.4, 0.5) is 0 Å². The standard InChI is InChI=1S/C12H23B/c1-9(2)11(5)7-8-12(13-6)10(3)4/h7-10,13H,1-6H3/b11-7+,12-8-. The zero-order chi connectivity index (χ0) is 10.4. The summed E-state index contributed by atoms with van der Waals surface area (Å²) >= 11 is 0. The summed E-state index contributed by atoms with van der Waals surface area (Å²) in [5.74, 6) is 1.35. The SMILES string of the molecule is CB/C(=C\C=C(/C)C(C)C)C(C)C. The van der Waals surface area contributed by atoms with Crippen LogP contribution in [0.2, 0.25) is 6.82 Å². The third-order valence-corrected chi connectivity index (χ3v) is 2.62. The second-order valence-electron chi connectivity index (χ2n) is 4.32. The van der Waals surface area contributed by atoms with Crippen LogP contribution >= 0.6 is 0 Å². The van der Waals surface area contributed by atoms with Gasteiger partial charge in [-0.3, -0.25) is 0 Å². The first-order chi connectivity index (χ1) is 5.99. The maximum Gasteiger partial charge on any atom is 0.149 e. The van der Waals surface area contributed by atoms with Crippen LogP contribution in [0.15, 0.2) is 23.2 Å². The topological polar surface area (TPSA) is 0 Å². The molecule has 74 valence electrons. The van der Waals surface area contributed by atoms with Crippen LogP contribution in [0.3, 0.4) is 0 Å². The van der Waals surface area contributed by atoms with Gasteiger partial charge in [0.2, 0.25) is 0 Å². The van der Waals surface area contributed by atoms with Crippen LogP contribution in [0, 0.1) is 11.8 Å². The summed E-state index contributed by atoms with van der Waals surface area (Å²) in [5, 5.41) is 0. The van der Waals surface area contributed by atoms with Gasteiger partial charge in [-0.05, 0) is 18.8 Å². The van der Waals surface area contributed by atoms with Crippen molar-refractivity contribution in [3.05, 3.63) is 23.2 Å². The number of hydrogen-bond acceptors (Lipinski definition) is 0. The predicted octanol–water partition coefficient (Wildman–Crippen LogP) is 3.61. The van der Waals surface area contributed by atoms with Crippen molar-refractivity contribution in [2.24, 2.45) is 11.8 Å². The van der Waals surface area contributed by atoms with Crippen molar-refractivity contribution in [2.45, 2.75) is 41.4 Å². The molecule has 0 aliphatic rings. The Morgan fingerprint density at radius 1 is 1.00 bits per heavy atom. The molecule has 0 aromatic rings. The predicted molar refractivity (Wildman–Crippen MR) is 64.5 cm³/mol. The van der Waals surface area contributed by atoms with Gasteiger partial charge in [-0.2, -0.15) is 0 Å². The van der Waals surface area contributed by atoms with Gasteiger partial charge < -0.3 is 0 Å². The molecular formula is C12H23B. The quantitative estimate of drug-likeness (QED) is 0.455. The molecule has 0 rings (SSSR count). The molecule has 0 saturated carbocycles. The number of rotatable bonds is 4. The Balaban J connectivity index is 4.45. The largest absolute Gasteiger partial charge is 0.149 e. The maximum absolute atomic E-state index is 2.29. The van der Waals surface area contributed by atoms with Crippen molar-refractivity contribution >= 4 is 7.28 Å². The molecular weight excluding hydrogens is 155 g/mol. The van der Waals surface area contributed by atoms with Crippen LogP contribution in [0.25, 0.3) is 0 Å². The smallest absolute Gasteiger partial charge is 0.103 e. The molecule has 0 nitrogen and oxygen atoms in total. The Morgan fingerprint density at radius 2 is 1.54 bits per heavy atom. The van der Waals surface area contributed by atoms with E-state index in [4.69, 9.17) is 0 Å². The molecule has 0 radical (unpaired) electrons. The molecule has 0 amide bonds. The van der Waals surface area contributed by atoms with Gasteiger partial charge in [-0.15, -0.1) is 5.47 Å². The first kappa shape index (κ1) is 12.5. The Morgan fingerprint density at radius 3 is 1.85 bits per heavy atom. The third kappa shape index (κ3) is 4.97. The fraction of sp³-hybridized carbons (Fsp3) is 0.667. The highest BCUT2D eigenvalue weighted by atomic mass is 14.0. The van der Waals surface area contributed by atoms with Crippen molar-refractivity contribution in [1.29, 1.82) is 0 Å². The molecule has 0 saturated heterocycles. The lowest BCUT2D eigenvalue weighted by Gasteiger charge is -2.08. The highest BCUT2D eigenvalue weighted by Gasteiger charge is 2.00. The fourth-order valence-electron chi connectivity index (χ4n) is 1.15. The van der Waals surface area contributed by atoms with E-state index in [2.05, 4.69) is 53.6 Å². The van der Waals surface area contributed by atoms with Crippen LogP contribution in [0.5, 0.6) is 0 Å². The van der Waals surface area contributed by atoms with E-state index in [0.717, 1.165) is 0 Å². The van der Waals surface area contributed by atoms with E-state index in [1.807, 2.05) is 0 Å². The Kier molecular flexibility index (Phi) is 5.86. The second-order valence-corrected chi connectivity index (χ2v) is 4.32.